The fraction of sp³-hybridized carbons (Fsp3) is 0.429. The number of ether oxygens (including phenoxy) is 2. The van der Waals surface area contributed by atoms with Gasteiger partial charge in [-0.25, -0.2) is 0 Å². The van der Waals surface area contributed by atoms with E-state index in [1.807, 2.05) is 12.1 Å². The van der Waals surface area contributed by atoms with Crippen LogP contribution in [0.4, 0.5) is 0 Å². The van der Waals surface area contributed by atoms with Crippen LogP contribution in [0.3, 0.4) is 0 Å². The van der Waals surface area contributed by atoms with Gasteiger partial charge in [0.15, 0.2) is 6.61 Å². The molecule has 20 heavy (non-hydrogen) atoms. The highest BCUT2D eigenvalue weighted by atomic mass is 79.9. The normalized spacial score (nSPS) is 11.6. The smallest absolute Gasteiger partial charge is 0.310 e. The van der Waals surface area contributed by atoms with Crippen LogP contribution in [0.1, 0.15) is 6.92 Å². The van der Waals surface area contributed by atoms with Crippen molar-refractivity contribution < 1.29 is 19.1 Å². The number of hydrogen-bond donors (Lipinski definition) is 0. The van der Waals surface area contributed by atoms with Crippen LogP contribution in [0, 0.1) is 5.92 Å². The zero-order valence-corrected chi connectivity index (χ0v) is 13.3. The third-order valence-corrected chi connectivity index (χ3v) is 3.23. The number of benzene rings is 1. The number of likely N-dealkylation sites (N-methyl/N-ethyl adjacent to an activating group) is 1. The summed E-state index contributed by atoms with van der Waals surface area (Å²) < 4.78 is 10.9. The Balaban J connectivity index is 2.44. The van der Waals surface area contributed by atoms with Gasteiger partial charge in [0.25, 0.3) is 5.91 Å². The third-order valence-electron chi connectivity index (χ3n) is 2.74. The van der Waals surface area contributed by atoms with E-state index in [2.05, 4.69) is 20.7 Å². The number of esters is 1. The molecule has 0 N–H and O–H groups in total. The molecule has 1 aromatic rings. The first-order valence-electron chi connectivity index (χ1n) is 6.14. The monoisotopic (exact) mass is 343 g/mol. The van der Waals surface area contributed by atoms with Gasteiger partial charge < -0.3 is 14.4 Å². The van der Waals surface area contributed by atoms with Crippen LogP contribution in [0.25, 0.3) is 0 Å². The summed E-state index contributed by atoms with van der Waals surface area (Å²) in [5.41, 5.74) is 0. The van der Waals surface area contributed by atoms with Gasteiger partial charge in [-0.05, 0) is 18.2 Å². The summed E-state index contributed by atoms with van der Waals surface area (Å²) in [4.78, 5) is 24.6. The molecule has 0 aliphatic rings. The number of rotatable bonds is 6. The van der Waals surface area contributed by atoms with Crippen LogP contribution in [0.5, 0.6) is 5.75 Å². The number of hydrogen-bond acceptors (Lipinski definition) is 4. The van der Waals surface area contributed by atoms with Crippen molar-refractivity contribution >= 4 is 27.8 Å². The molecular weight excluding hydrogens is 326 g/mol. The molecule has 0 fully saturated rings. The second kappa shape index (κ2) is 7.89. The van der Waals surface area contributed by atoms with E-state index in [0.29, 0.717) is 12.3 Å². The van der Waals surface area contributed by atoms with Crippen molar-refractivity contribution in [2.75, 3.05) is 27.3 Å². The molecule has 1 rings (SSSR count). The SMILES string of the molecule is COC(=O)C(C)CN(C)C(=O)COc1cccc(Br)c1. The van der Waals surface area contributed by atoms with Gasteiger partial charge in [0.05, 0.1) is 13.0 Å². The summed E-state index contributed by atoms with van der Waals surface area (Å²) in [6.45, 7) is 1.94. The maximum absolute atomic E-state index is 11.9. The molecule has 0 aliphatic carbocycles. The largest absolute Gasteiger partial charge is 0.484 e. The maximum Gasteiger partial charge on any atom is 0.310 e. The second-order valence-electron chi connectivity index (χ2n) is 4.44. The van der Waals surface area contributed by atoms with E-state index < -0.39 is 0 Å². The second-order valence-corrected chi connectivity index (χ2v) is 5.36. The standard InChI is InChI=1S/C14H18BrNO4/c1-10(14(18)19-3)8-16(2)13(17)9-20-12-6-4-5-11(15)7-12/h4-7,10H,8-9H2,1-3H3. The minimum atomic E-state index is -0.361. The quantitative estimate of drug-likeness (QED) is 0.742. The predicted molar refractivity (Wildman–Crippen MR) is 78.5 cm³/mol. The van der Waals surface area contributed by atoms with Crippen LogP contribution >= 0.6 is 15.9 Å². The van der Waals surface area contributed by atoms with E-state index in [1.54, 1.807) is 26.1 Å². The van der Waals surface area contributed by atoms with Crippen LogP contribution in [0.15, 0.2) is 28.7 Å². The molecule has 1 unspecified atom stereocenters. The van der Waals surface area contributed by atoms with Crippen LogP contribution in [0.2, 0.25) is 0 Å². The van der Waals surface area contributed by atoms with Crippen LogP contribution < -0.4 is 4.74 Å². The van der Waals surface area contributed by atoms with E-state index in [-0.39, 0.29) is 24.4 Å². The molecule has 0 aliphatic heterocycles. The molecule has 0 saturated heterocycles. The minimum Gasteiger partial charge on any atom is -0.484 e. The van der Waals surface area contributed by atoms with E-state index in [0.717, 1.165) is 4.47 Å². The highest BCUT2D eigenvalue weighted by Crippen LogP contribution is 2.17. The molecule has 110 valence electrons. The first-order valence-corrected chi connectivity index (χ1v) is 6.93. The van der Waals surface area contributed by atoms with Crippen molar-refractivity contribution in [2.45, 2.75) is 6.92 Å². The van der Waals surface area contributed by atoms with Crippen molar-refractivity contribution in [1.29, 1.82) is 0 Å². The van der Waals surface area contributed by atoms with Gasteiger partial charge >= 0.3 is 5.97 Å². The Morgan fingerprint density at radius 2 is 2.10 bits per heavy atom. The van der Waals surface area contributed by atoms with Gasteiger partial charge in [-0.3, -0.25) is 9.59 Å². The lowest BCUT2D eigenvalue weighted by molar-refractivity contribution is -0.146. The number of nitrogens with zero attached hydrogens (tertiary/aromatic N) is 1. The first kappa shape index (κ1) is 16.5. The molecule has 0 aromatic heterocycles. The summed E-state index contributed by atoms with van der Waals surface area (Å²) in [6, 6.07) is 7.26. The van der Waals surface area contributed by atoms with Crippen molar-refractivity contribution in [3.63, 3.8) is 0 Å². The van der Waals surface area contributed by atoms with Crippen molar-refractivity contribution in [3.05, 3.63) is 28.7 Å². The third kappa shape index (κ3) is 5.21. The van der Waals surface area contributed by atoms with E-state index in [9.17, 15) is 9.59 Å². The molecular formula is C14H18BrNO4. The Kier molecular flexibility index (Phi) is 6.51. The Bertz CT molecular complexity index is 478. The Morgan fingerprint density at radius 3 is 2.70 bits per heavy atom. The fourth-order valence-electron chi connectivity index (χ4n) is 1.60. The summed E-state index contributed by atoms with van der Waals surface area (Å²) in [7, 11) is 2.96. The molecule has 1 atom stereocenters. The average Bonchev–Trinajstić information content (AvgIpc) is 2.43. The molecule has 0 radical (unpaired) electrons. The molecule has 0 saturated carbocycles. The van der Waals surface area contributed by atoms with Gasteiger partial charge in [-0.15, -0.1) is 0 Å². The zero-order valence-electron chi connectivity index (χ0n) is 11.8. The van der Waals surface area contributed by atoms with Crippen LogP contribution in [-0.2, 0) is 14.3 Å². The first-order chi connectivity index (χ1) is 9.43. The average molecular weight is 344 g/mol. The number of methoxy groups -OCH3 is 1. The van der Waals surface area contributed by atoms with Gasteiger partial charge in [0.2, 0.25) is 0 Å². The summed E-state index contributed by atoms with van der Waals surface area (Å²) >= 11 is 3.33. The van der Waals surface area contributed by atoms with Crippen molar-refractivity contribution in [1.82, 2.24) is 4.90 Å². The number of amides is 1. The summed E-state index contributed by atoms with van der Waals surface area (Å²) in [5, 5.41) is 0. The van der Waals surface area contributed by atoms with E-state index in [4.69, 9.17) is 4.74 Å². The van der Waals surface area contributed by atoms with Gasteiger partial charge in [0, 0.05) is 18.1 Å². The highest BCUT2D eigenvalue weighted by Gasteiger charge is 2.18. The molecule has 0 heterocycles. The molecule has 1 aromatic carbocycles. The summed E-state index contributed by atoms with van der Waals surface area (Å²) in [5.74, 6) is -0.278. The highest BCUT2D eigenvalue weighted by molar-refractivity contribution is 9.10. The van der Waals surface area contributed by atoms with Gasteiger partial charge in [-0.2, -0.15) is 0 Å². The molecule has 0 bridgehead atoms. The lowest BCUT2D eigenvalue weighted by Gasteiger charge is -2.20. The number of carbonyl (C=O) groups is 2. The Morgan fingerprint density at radius 1 is 1.40 bits per heavy atom. The zero-order chi connectivity index (χ0) is 15.1. The molecule has 6 heteroatoms. The van der Waals surface area contributed by atoms with Gasteiger partial charge in [0.1, 0.15) is 5.75 Å². The van der Waals surface area contributed by atoms with E-state index >= 15 is 0 Å². The molecule has 1 amide bonds. The van der Waals surface area contributed by atoms with Crippen LogP contribution in [-0.4, -0.2) is 44.1 Å². The minimum absolute atomic E-state index is 0.0686. The lowest BCUT2D eigenvalue weighted by Crippen LogP contribution is -2.37. The topological polar surface area (TPSA) is 55.8 Å². The van der Waals surface area contributed by atoms with Crippen molar-refractivity contribution in [2.24, 2.45) is 5.92 Å². The predicted octanol–water partition coefficient (Wildman–Crippen LogP) is 2.10. The Hall–Kier alpha value is -1.56. The molecule has 0 spiro atoms. The fourth-order valence-corrected chi connectivity index (χ4v) is 1.98. The maximum atomic E-state index is 11.9. The number of halogens is 1. The van der Waals surface area contributed by atoms with Crippen molar-refractivity contribution in [3.8, 4) is 5.75 Å². The summed E-state index contributed by atoms with van der Waals surface area (Å²) in [6.07, 6.45) is 0. The number of carbonyl (C=O) groups excluding carboxylic acids is 2. The lowest BCUT2D eigenvalue weighted by atomic mass is 10.2. The van der Waals surface area contributed by atoms with E-state index in [1.165, 1.54) is 12.0 Å². The Labute approximate surface area is 127 Å². The molecule has 5 nitrogen and oxygen atoms in total. The van der Waals surface area contributed by atoms with Gasteiger partial charge in [-0.1, -0.05) is 28.9 Å².